The zero-order chi connectivity index (χ0) is 37.4. The van der Waals surface area contributed by atoms with Gasteiger partial charge in [0.15, 0.2) is 6.29 Å². The van der Waals surface area contributed by atoms with Crippen LogP contribution < -0.4 is 5.32 Å². The van der Waals surface area contributed by atoms with Gasteiger partial charge in [-0.05, 0) is 12.8 Å². The minimum absolute atomic E-state index is 0.132. The van der Waals surface area contributed by atoms with Gasteiger partial charge in [0, 0.05) is 6.42 Å². The van der Waals surface area contributed by atoms with Crippen LogP contribution in [0.1, 0.15) is 206 Å². The van der Waals surface area contributed by atoms with Crippen molar-refractivity contribution in [1.82, 2.24) is 5.32 Å². The van der Waals surface area contributed by atoms with Crippen LogP contribution in [0.25, 0.3) is 0 Å². The molecule has 0 aromatic carbocycles. The third kappa shape index (κ3) is 25.0. The van der Waals surface area contributed by atoms with Crippen molar-refractivity contribution in [3.05, 3.63) is 0 Å². The van der Waals surface area contributed by atoms with E-state index in [9.17, 15) is 30.3 Å². The second-order valence-corrected chi connectivity index (χ2v) is 15.5. The molecule has 0 spiro atoms. The molecule has 0 aliphatic carbocycles. The highest BCUT2D eigenvalue weighted by atomic mass is 16.7. The molecule has 9 nitrogen and oxygen atoms in total. The van der Waals surface area contributed by atoms with Gasteiger partial charge < -0.3 is 40.3 Å². The van der Waals surface area contributed by atoms with Crippen molar-refractivity contribution in [1.29, 1.82) is 0 Å². The summed E-state index contributed by atoms with van der Waals surface area (Å²) in [5, 5.41) is 54.2. The third-order valence-electron chi connectivity index (χ3n) is 10.7. The van der Waals surface area contributed by atoms with E-state index in [0.717, 1.165) is 38.5 Å². The first-order valence-corrected chi connectivity index (χ1v) is 21.7. The van der Waals surface area contributed by atoms with E-state index in [0.29, 0.717) is 12.8 Å². The number of hydrogen-bond donors (Lipinski definition) is 6. The fraction of sp³-hybridized carbons (Fsp3) is 0.976. The number of rotatable bonds is 36. The molecule has 9 heteroatoms. The predicted molar refractivity (Wildman–Crippen MR) is 208 cm³/mol. The van der Waals surface area contributed by atoms with Crippen molar-refractivity contribution in [2.75, 3.05) is 13.2 Å². The molecule has 0 radical (unpaired) electrons. The van der Waals surface area contributed by atoms with E-state index in [2.05, 4.69) is 19.2 Å². The molecule has 0 aromatic heterocycles. The van der Waals surface area contributed by atoms with Gasteiger partial charge >= 0.3 is 0 Å². The number of amides is 1. The Hall–Kier alpha value is -0.810. The number of unbranched alkanes of at least 4 members (excludes halogenated alkanes) is 26. The molecule has 1 rings (SSSR count). The number of hydrogen-bond acceptors (Lipinski definition) is 8. The number of aliphatic hydroxyl groups excluding tert-OH is 5. The molecule has 0 unspecified atom stereocenters. The molecule has 1 aliphatic rings. The number of carbonyl (C=O) groups excluding carboxylic acids is 1. The van der Waals surface area contributed by atoms with E-state index < -0.39 is 49.5 Å². The summed E-state index contributed by atoms with van der Waals surface area (Å²) < 4.78 is 11.2. The zero-order valence-electron chi connectivity index (χ0n) is 33.1. The van der Waals surface area contributed by atoms with E-state index in [1.54, 1.807) is 0 Å². The third-order valence-corrected chi connectivity index (χ3v) is 10.7. The average molecular weight is 730 g/mol. The van der Waals surface area contributed by atoms with Gasteiger partial charge in [0.2, 0.25) is 5.91 Å². The Labute approximate surface area is 313 Å². The molecule has 0 bridgehead atoms. The summed E-state index contributed by atoms with van der Waals surface area (Å²) in [6.45, 7) is 3.83. The van der Waals surface area contributed by atoms with Crippen LogP contribution >= 0.6 is 0 Å². The molecule has 1 fully saturated rings. The summed E-state index contributed by atoms with van der Waals surface area (Å²) in [5.41, 5.74) is 0. The molecule has 1 amide bonds. The SMILES string of the molecule is CCCCCCCCCCCCCCCCCC(=O)N[C@@H](CO[C@@H]1O[C@H](CO)[C@@H](O)[C@H](O)[C@H]1O)[C@H](O)CCCCCCCCCCCCCCC. The molecular formula is C42H83NO8. The first-order chi connectivity index (χ1) is 24.8. The maximum atomic E-state index is 12.9. The molecule has 304 valence electrons. The zero-order valence-corrected chi connectivity index (χ0v) is 33.1. The Morgan fingerprint density at radius 3 is 1.39 bits per heavy atom. The normalized spacial score (nSPS) is 21.9. The topological polar surface area (TPSA) is 149 Å². The highest BCUT2D eigenvalue weighted by Gasteiger charge is 2.44. The van der Waals surface area contributed by atoms with Crippen LogP contribution in [0.5, 0.6) is 0 Å². The lowest BCUT2D eigenvalue weighted by molar-refractivity contribution is -0.302. The quantitative estimate of drug-likeness (QED) is 0.0353. The van der Waals surface area contributed by atoms with Crippen LogP contribution in [0.4, 0.5) is 0 Å². The molecular weight excluding hydrogens is 646 g/mol. The Kier molecular flexibility index (Phi) is 31.9. The summed E-state index contributed by atoms with van der Waals surface area (Å²) >= 11 is 0. The van der Waals surface area contributed by atoms with Crippen LogP contribution in [0, 0.1) is 0 Å². The van der Waals surface area contributed by atoms with E-state index in [4.69, 9.17) is 9.47 Å². The first-order valence-electron chi connectivity index (χ1n) is 21.7. The molecule has 1 saturated heterocycles. The van der Waals surface area contributed by atoms with Crippen molar-refractivity contribution in [2.24, 2.45) is 0 Å². The molecule has 0 saturated carbocycles. The predicted octanol–water partition coefficient (Wildman–Crippen LogP) is 8.39. The minimum Gasteiger partial charge on any atom is -0.394 e. The molecule has 1 aliphatic heterocycles. The Morgan fingerprint density at radius 1 is 0.588 bits per heavy atom. The van der Waals surface area contributed by atoms with E-state index in [1.807, 2.05) is 0 Å². The summed E-state index contributed by atoms with van der Waals surface area (Å²) in [7, 11) is 0. The maximum absolute atomic E-state index is 12.9. The Bertz CT molecular complexity index is 771. The van der Waals surface area contributed by atoms with Gasteiger partial charge in [-0.2, -0.15) is 0 Å². The number of nitrogens with one attached hydrogen (secondary N) is 1. The fourth-order valence-electron chi connectivity index (χ4n) is 7.16. The summed E-state index contributed by atoms with van der Waals surface area (Å²) in [6.07, 6.45) is 28.2. The van der Waals surface area contributed by atoms with Crippen LogP contribution in [-0.4, -0.2) is 87.5 Å². The molecule has 7 atom stereocenters. The van der Waals surface area contributed by atoms with Gasteiger partial charge in [-0.1, -0.05) is 187 Å². The molecule has 0 aromatic rings. The lowest BCUT2D eigenvalue weighted by atomic mass is 9.99. The van der Waals surface area contributed by atoms with Gasteiger partial charge in [-0.3, -0.25) is 4.79 Å². The van der Waals surface area contributed by atoms with Crippen LogP contribution in [-0.2, 0) is 14.3 Å². The molecule has 51 heavy (non-hydrogen) atoms. The summed E-state index contributed by atoms with van der Waals surface area (Å²) in [4.78, 5) is 12.9. The monoisotopic (exact) mass is 730 g/mol. The van der Waals surface area contributed by atoms with Crippen molar-refractivity contribution >= 4 is 5.91 Å². The van der Waals surface area contributed by atoms with Crippen molar-refractivity contribution in [3.63, 3.8) is 0 Å². The minimum atomic E-state index is -1.55. The van der Waals surface area contributed by atoms with Gasteiger partial charge in [-0.15, -0.1) is 0 Å². The number of ether oxygens (including phenoxy) is 2. The highest BCUT2D eigenvalue weighted by Crippen LogP contribution is 2.23. The smallest absolute Gasteiger partial charge is 0.220 e. The Balaban J connectivity index is 2.35. The van der Waals surface area contributed by atoms with Crippen LogP contribution in [0.15, 0.2) is 0 Å². The maximum Gasteiger partial charge on any atom is 0.220 e. The fourth-order valence-corrected chi connectivity index (χ4v) is 7.16. The summed E-state index contributed by atoms with van der Waals surface area (Å²) in [6, 6.07) is -0.710. The highest BCUT2D eigenvalue weighted by molar-refractivity contribution is 5.76. The Morgan fingerprint density at radius 2 is 0.980 bits per heavy atom. The molecule has 1 heterocycles. The largest absolute Gasteiger partial charge is 0.394 e. The molecule has 6 N–H and O–H groups in total. The number of carbonyl (C=O) groups is 1. The lowest BCUT2D eigenvalue weighted by Crippen LogP contribution is -2.60. The second kappa shape index (κ2) is 33.7. The lowest BCUT2D eigenvalue weighted by Gasteiger charge is -2.40. The number of aliphatic hydroxyl groups is 5. The first kappa shape index (κ1) is 48.2. The van der Waals surface area contributed by atoms with Gasteiger partial charge in [0.05, 0.1) is 25.4 Å². The second-order valence-electron chi connectivity index (χ2n) is 15.5. The average Bonchev–Trinajstić information content (AvgIpc) is 3.13. The van der Waals surface area contributed by atoms with Crippen molar-refractivity contribution in [3.8, 4) is 0 Å². The van der Waals surface area contributed by atoms with Crippen molar-refractivity contribution in [2.45, 2.75) is 249 Å². The van der Waals surface area contributed by atoms with Crippen molar-refractivity contribution < 1.29 is 39.8 Å². The summed E-state index contributed by atoms with van der Waals surface area (Å²) in [5.74, 6) is -0.142. The van der Waals surface area contributed by atoms with Gasteiger partial charge in [-0.25, -0.2) is 0 Å². The van der Waals surface area contributed by atoms with Gasteiger partial charge in [0.25, 0.3) is 0 Å². The van der Waals surface area contributed by atoms with E-state index >= 15 is 0 Å². The van der Waals surface area contributed by atoms with E-state index in [1.165, 1.54) is 141 Å². The van der Waals surface area contributed by atoms with E-state index in [-0.39, 0.29) is 12.5 Å². The standard InChI is InChI=1S/C42H83NO8/c1-3-5-7-9-11-13-15-17-18-20-22-24-26-28-30-32-38(46)43-35(34-50-42-41(49)40(48)39(47)37(33-44)51-42)36(45)31-29-27-25-23-21-19-16-14-12-10-8-6-4-2/h35-37,39-42,44-45,47-49H,3-34H2,1-2H3,(H,43,46)/t35-,36+,37+,39+,40-,41+,42+/m0/s1. The van der Waals surface area contributed by atoms with Crippen LogP contribution in [0.3, 0.4) is 0 Å². The van der Waals surface area contributed by atoms with Crippen LogP contribution in [0.2, 0.25) is 0 Å². The van der Waals surface area contributed by atoms with Gasteiger partial charge in [0.1, 0.15) is 24.4 Å².